The average molecular weight is 307 g/mol. The van der Waals surface area contributed by atoms with Crippen molar-refractivity contribution in [2.75, 3.05) is 0 Å². The molecule has 0 aliphatic heterocycles. The Morgan fingerprint density at radius 3 is 2.80 bits per heavy atom. The molecular weight excluding hydrogens is 295 g/mol. The zero-order valence-electron chi connectivity index (χ0n) is 10.5. The van der Waals surface area contributed by atoms with Crippen LogP contribution < -0.4 is 5.73 Å². The Morgan fingerprint density at radius 2 is 2.05 bits per heavy atom. The first-order valence-electron chi connectivity index (χ1n) is 6.18. The Balaban J connectivity index is 1.84. The van der Waals surface area contributed by atoms with E-state index in [1.165, 1.54) is 6.07 Å². The van der Waals surface area contributed by atoms with Crippen LogP contribution in [0.1, 0.15) is 16.6 Å². The minimum absolute atomic E-state index is 0.127. The summed E-state index contributed by atoms with van der Waals surface area (Å²) in [4.78, 5) is 4.52. The lowest BCUT2D eigenvalue weighted by molar-refractivity contribution is 0.622. The van der Waals surface area contributed by atoms with Gasteiger partial charge in [-0.25, -0.2) is 9.37 Å². The fourth-order valence-corrected chi connectivity index (χ4v) is 3.14. The summed E-state index contributed by atoms with van der Waals surface area (Å²) in [5.74, 6) is -0.416. The molecule has 1 aromatic heterocycles. The van der Waals surface area contributed by atoms with Gasteiger partial charge in [0.25, 0.3) is 0 Å². The number of rotatable bonds is 3. The van der Waals surface area contributed by atoms with Crippen molar-refractivity contribution in [2.45, 2.75) is 12.5 Å². The quantitative estimate of drug-likeness (QED) is 0.782. The van der Waals surface area contributed by atoms with Gasteiger partial charge in [0.2, 0.25) is 0 Å². The third-order valence-corrected chi connectivity index (χ3v) is 4.54. The molecule has 0 aliphatic rings. The van der Waals surface area contributed by atoms with E-state index in [1.54, 1.807) is 23.5 Å². The molecule has 0 spiro atoms. The van der Waals surface area contributed by atoms with Crippen molar-refractivity contribution < 1.29 is 4.39 Å². The van der Waals surface area contributed by atoms with E-state index in [1.807, 2.05) is 24.3 Å². The van der Waals surface area contributed by atoms with E-state index >= 15 is 0 Å². The largest absolute Gasteiger partial charge is 0.322 e. The molecule has 0 bridgehead atoms. The maximum absolute atomic E-state index is 13.4. The molecule has 2 aromatic carbocycles. The van der Waals surface area contributed by atoms with Gasteiger partial charge in [-0.1, -0.05) is 29.8 Å². The summed E-state index contributed by atoms with van der Waals surface area (Å²) >= 11 is 7.25. The second-order valence-corrected chi connectivity index (χ2v) is 6.05. The molecule has 20 heavy (non-hydrogen) atoms. The highest BCUT2D eigenvalue weighted by Crippen LogP contribution is 2.27. The van der Waals surface area contributed by atoms with Gasteiger partial charge < -0.3 is 5.73 Å². The molecule has 2 nitrogen and oxygen atoms in total. The highest BCUT2D eigenvalue weighted by Gasteiger charge is 2.13. The van der Waals surface area contributed by atoms with Crippen molar-refractivity contribution in [1.82, 2.24) is 4.98 Å². The van der Waals surface area contributed by atoms with Gasteiger partial charge in [0, 0.05) is 0 Å². The Kier molecular flexibility index (Phi) is 3.70. The molecule has 0 amide bonds. The van der Waals surface area contributed by atoms with Crippen LogP contribution in [0.15, 0.2) is 42.5 Å². The summed E-state index contributed by atoms with van der Waals surface area (Å²) in [5, 5.41) is 0.990. The lowest BCUT2D eigenvalue weighted by atomic mass is 10.1. The van der Waals surface area contributed by atoms with Crippen LogP contribution in [-0.2, 0) is 6.42 Å². The van der Waals surface area contributed by atoms with E-state index in [0.29, 0.717) is 6.42 Å². The molecule has 0 saturated heterocycles. The molecule has 102 valence electrons. The van der Waals surface area contributed by atoms with Gasteiger partial charge >= 0.3 is 0 Å². The van der Waals surface area contributed by atoms with Gasteiger partial charge in [-0.05, 0) is 36.2 Å². The monoisotopic (exact) mass is 306 g/mol. The first-order chi connectivity index (χ1) is 9.63. The molecule has 0 saturated carbocycles. The van der Waals surface area contributed by atoms with E-state index in [9.17, 15) is 4.39 Å². The number of hydrogen-bond acceptors (Lipinski definition) is 3. The summed E-state index contributed by atoms with van der Waals surface area (Å²) < 4.78 is 14.5. The van der Waals surface area contributed by atoms with E-state index in [-0.39, 0.29) is 11.1 Å². The molecule has 1 unspecified atom stereocenters. The highest BCUT2D eigenvalue weighted by molar-refractivity contribution is 7.18. The van der Waals surface area contributed by atoms with E-state index < -0.39 is 5.82 Å². The number of halogens is 2. The predicted molar refractivity (Wildman–Crippen MR) is 81.7 cm³/mol. The first kappa shape index (κ1) is 13.5. The molecule has 0 radical (unpaired) electrons. The summed E-state index contributed by atoms with van der Waals surface area (Å²) in [6.07, 6.45) is 0.536. The van der Waals surface area contributed by atoms with Gasteiger partial charge in [-0.2, -0.15) is 0 Å². The summed E-state index contributed by atoms with van der Waals surface area (Å²) in [6, 6.07) is 12.4. The summed E-state index contributed by atoms with van der Waals surface area (Å²) in [6.45, 7) is 0. The first-order valence-corrected chi connectivity index (χ1v) is 7.38. The lowest BCUT2D eigenvalue weighted by Gasteiger charge is -2.08. The van der Waals surface area contributed by atoms with Crippen LogP contribution in [-0.4, -0.2) is 4.98 Å². The predicted octanol–water partition coefficient (Wildman–Crippen LogP) is 4.33. The number of nitrogens with two attached hydrogens (primary N) is 1. The zero-order chi connectivity index (χ0) is 14.1. The van der Waals surface area contributed by atoms with Crippen molar-refractivity contribution in [1.29, 1.82) is 0 Å². The molecule has 1 atom stereocenters. The number of benzene rings is 2. The summed E-state index contributed by atoms with van der Waals surface area (Å²) in [7, 11) is 0. The topological polar surface area (TPSA) is 38.9 Å². The SMILES string of the molecule is NC(Cc1ccc(Cl)c(F)c1)c1nc2ccccc2s1. The number of thiazole rings is 1. The minimum Gasteiger partial charge on any atom is -0.322 e. The second-order valence-electron chi connectivity index (χ2n) is 4.58. The molecule has 0 fully saturated rings. The molecule has 2 N–H and O–H groups in total. The average Bonchev–Trinajstić information content (AvgIpc) is 2.87. The fraction of sp³-hybridized carbons (Fsp3) is 0.133. The molecule has 0 aliphatic carbocycles. The molecule has 3 rings (SSSR count). The zero-order valence-corrected chi connectivity index (χ0v) is 12.1. The van der Waals surface area contributed by atoms with Crippen LogP contribution in [0.5, 0.6) is 0 Å². The molecule has 1 heterocycles. The Morgan fingerprint density at radius 1 is 1.25 bits per heavy atom. The van der Waals surface area contributed by atoms with Gasteiger partial charge in [-0.15, -0.1) is 11.3 Å². The maximum Gasteiger partial charge on any atom is 0.142 e. The third kappa shape index (κ3) is 2.68. The highest BCUT2D eigenvalue weighted by atomic mass is 35.5. The number of hydrogen-bond donors (Lipinski definition) is 1. The maximum atomic E-state index is 13.4. The smallest absolute Gasteiger partial charge is 0.142 e. The Labute approximate surface area is 125 Å². The fourth-order valence-electron chi connectivity index (χ4n) is 2.06. The van der Waals surface area contributed by atoms with Gasteiger partial charge in [-0.3, -0.25) is 0 Å². The third-order valence-electron chi connectivity index (χ3n) is 3.07. The molecular formula is C15H12ClFN2S. The normalized spacial score (nSPS) is 12.8. The Hall–Kier alpha value is -1.49. The number of fused-ring (bicyclic) bond motifs is 1. The minimum atomic E-state index is -0.416. The lowest BCUT2D eigenvalue weighted by Crippen LogP contribution is -2.13. The van der Waals surface area contributed by atoms with Crippen molar-refractivity contribution in [3.63, 3.8) is 0 Å². The van der Waals surface area contributed by atoms with Crippen LogP contribution in [0.25, 0.3) is 10.2 Å². The summed E-state index contributed by atoms with van der Waals surface area (Å²) in [5.41, 5.74) is 7.94. The van der Waals surface area contributed by atoms with Crippen LogP contribution in [0.2, 0.25) is 5.02 Å². The molecule has 5 heteroatoms. The van der Waals surface area contributed by atoms with Crippen LogP contribution >= 0.6 is 22.9 Å². The van der Waals surface area contributed by atoms with Crippen LogP contribution in [0, 0.1) is 5.82 Å². The Bertz CT molecular complexity index is 723. The van der Waals surface area contributed by atoms with Gasteiger partial charge in [0.15, 0.2) is 0 Å². The van der Waals surface area contributed by atoms with Crippen LogP contribution in [0.3, 0.4) is 0 Å². The number of nitrogens with zero attached hydrogens (tertiary/aromatic N) is 1. The van der Waals surface area contributed by atoms with E-state index in [4.69, 9.17) is 17.3 Å². The second kappa shape index (κ2) is 5.48. The van der Waals surface area contributed by atoms with Gasteiger partial charge in [0.1, 0.15) is 10.8 Å². The van der Waals surface area contributed by atoms with E-state index in [0.717, 1.165) is 20.8 Å². The standard InChI is InChI=1S/C15H12ClFN2S/c16-10-6-5-9(7-11(10)17)8-12(18)15-19-13-3-1-2-4-14(13)20-15/h1-7,12H,8,18H2. The van der Waals surface area contributed by atoms with Crippen molar-refractivity contribution >= 4 is 33.2 Å². The van der Waals surface area contributed by atoms with Crippen molar-refractivity contribution in [2.24, 2.45) is 5.73 Å². The van der Waals surface area contributed by atoms with Crippen molar-refractivity contribution in [3.8, 4) is 0 Å². The molecule has 3 aromatic rings. The van der Waals surface area contributed by atoms with Crippen LogP contribution in [0.4, 0.5) is 4.39 Å². The van der Waals surface area contributed by atoms with Gasteiger partial charge in [0.05, 0.1) is 21.3 Å². The number of aromatic nitrogens is 1. The van der Waals surface area contributed by atoms with Crippen molar-refractivity contribution in [3.05, 3.63) is 63.9 Å². The van der Waals surface area contributed by atoms with E-state index in [2.05, 4.69) is 4.98 Å². The number of para-hydroxylation sites is 1.